The van der Waals surface area contributed by atoms with Gasteiger partial charge in [0.05, 0.1) is 0 Å². The summed E-state index contributed by atoms with van der Waals surface area (Å²) in [5.74, 6) is 0. The monoisotopic (exact) mass is 204 g/mol. The van der Waals surface area contributed by atoms with E-state index in [0.29, 0.717) is 10.6 Å². The van der Waals surface area contributed by atoms with Crippen LogP contribution in [0, 0.1) is 0 Å². The van der Waals surface area contributed by atoms with E-state index < -0.39 is 6.67 Å². The van der Waals surface area contributed by atoms with Crippen molar-refractivity contribution in [2.45, 2.75) is 6.67 Å². The molecule has 0 aliphatic rings. The topological polar surface area (TPSA) is 0 Å². The Balaban J connectivity index is 3.05. The third-order valence-corrected chi connectivity index (χ3v) is 3.37. The number of hydrogen-bond donors (Lipinski definition) is 0. The van der Waals surface area contributed by atoms with Crippen molar-refractivity contribution < 1.29 is 4.39 Å². The molecule has 1 aromatic carbocycles. The number of alkyl halides is 1. The fourth-order valence-electron chi connectivity index (χ4n) is 0.942. The van der Waals surface area contributed by atoms with Crippen molar-refractivity contribution in [3.8, 4) is 0 Å². The van der Waals surface area contributed by atoms with Crippen molar-refractivity contribution in [3.63, 3.8) is 0 Å². The second-order valence-corrected chi connectivity index (χ2v) is 5.52. The highest BCUT2D eigenvalue weighted by atomic mass is 35.5. The van der Waals surface area contributed by atoms with E-state index in [4.69, 9.17) is 11.6 Å². The Bertz CT molecular complexity index is 273. The minimum atomic E-state index is -0.476. The third-order valence-electron chi connectivity index (χ3n) is 1.69. The Hall–Kier alpha value is -0.130. The molecular formula is C9H11ClFP. The van der Waals surface area contributed by atoms with Gasteiger partial charge in [0.1, 0.15) is 6.67 Å². The van der Waals surface area contributed by atoms with Gasteiger partial charge in [-0.2, -0.15) is 0 Å². The van der Waals surface area contributed by atoms with E-state index in [9.17, 15) is 4.39 Å². The van der Waals surface area contributed by atoms with Crippen LogP contribution in [0.4, 0.5) is 4.39 Å². The van der Waals surface area contributed by atoms with Gasteiger partial charge >= 0.3 is 0 Å². The molecule has 0 heterocycles. The molecule has 12 heavy (non-hydrogen) atoms. The first kappa shape index (κ1) is 9.95. The van der Waals surface area contributed by atoms with Gasteiger partial charge in [-0.1, -0.05) is 25.6 Å². The third kappa shape index (κ3) is 2.18. The summed E-state index contributed by atoms with van der Waals surface area (Å²) in [6.07, 6.45) is 0. The first-order chi connectivity index (χ1) is 5.65. The molecule has 0 bridgehead atoms. The molecule has 0 nitrogen and oxygen atoms in total. The molecule has 3 heteroatoms. The van der Waals surface area contributed by atoms with Gasteiger partial charge in [0.15, 0.2) is 0 Å². The summed E-state index contributed by atoms with van der Waals surface area (Å²) in [6.45, 7) is 3.80. The van der Waals surface area contributed by atoms with Crippen molar-refractivity contribution in [1.82, 2.24) is 0 Å². The van der Waals surface area contributed by atoms with Crippen LogP contribution in [0.2, 0.25) is 5.02 Å². The number of hydrogen-bond acceptors (Lipinski definition) is 0. The van der Waals surface area contributed by atoms with Gasteiger partial charge < -0.3 is 0 Å². The smallest absolute Gasteiger partial charge is 0.116 e. The van der Waals surface area contributed by atoms with E-state index in [0.717, 1.165) is 0 Å². The van der Waals surface area contributed by atoms with Gasteiger partial charge in [-0.25, -0.2) is 4.39 Å². The molecule has 1 rings (SSSR count). The molecule has 0 N–H and O–H groups in total. The lowest BCUT2D eigenvalue weighted by atomic mass is 10.2. The van der Waals surface area contributed by atoms with Gasteiger partial charge in [-0.3, -0.25) is 0 Å². The Morgan fingerprint density at radius 1 is 1.42 bits per heavy atom. The number of halogens is 2. The molecule has 0 aliphatic heterocycles. The molecule has 0 fully saturated rings. The van der Waals surface area contributed by atoms with E-state index in [1.54, 1.807) is 6.07 Å². The zero-order chi connectivity index (χ0) is 9.14. The molecular weight excluding hydrogens is 194 g/mol. The molecule has 0 saturated heterocycles. The average molecular weight is 205 g/mol. The summed E-state index contributed by atoms with van der Waals surface area (Å²) in [6, 6.07) is 5.59. The fourth-order valence-corrected chi connectivity index (χ4v) is 1.90. The number of rotatable bonds is 2. The first-order valence-corrected chi connectivity index (χ1v) is 6.28. The quantitative estimate of drug-likeness (QED) is 0.649. The van der Waals surface area contributed by atoms with E-state index in [1.165, 1.54) is 5.30 Å². The predicted molar refractivity (Wildman–Crippen MR) is 54.7 cm³/mol. The maximum Gasteiger partial charge on any atom is 0.116 e. The largest absolute Gasteiger partial charge is 0.246 e. The summed E-state index contributed by atoms with van der Waals surface area (Å²) >= 11 is 5.77. The van der Waals surface area contributed by atoms with Crippen molar-refractivity contribution in [2.24, 2.45) is 0 Å². The Kier molecular flexibility index (Phi) is 3.49. The lowest BCUT2D eigenvalue weighted by Crippen LogP contribution is -2.00. The summed E-state index contributed by atoms with van der Waals surface area (Å²) in [5, 5.41) is 1.72. The van der Waals surface area contributed by atoms with Crippen LogP contribution >= 0.6 is 19.5 Å². The van der Waals surface area contributed by atoms with Gasteiger partial charge in [0, 0.05) is 10.6 Å². The highest BCUT2D eigenvalue weighted by Gasteiger charge is 2.03. The number of benzene rings is 1. The van der Waals surface area contributed by atoms with Crippen LogP contribution in [0.5, 0.6) is 0 Å². The molecule has 0 unspecified atom stereocenters. The van der Waals surface area contributed by atoms with Crippen molar-refractivity contribution in [2.75, 3.05) is 13.3 Å². The molecule has 0 spiro atoms. The average Bonchev–Trinajstić information content (AvgIpc) is 2.05. The highest BCUT2D eigenvalue weighted by molar-refractivity contribution is 7.64. The van der Waals surface area contributed by atoms with Crippen LogP contribution in [0.3, 0.4) is 0 Å². The van der Waals surface area contributed by atoms with Crippen molar-refractivity contribution in [3.05, 3.63) is 28.8 Å². The molecule has 0 amide bonds. The minimum absolute atomic E-state index is 0.155. The van der Waals surface area contributed by atoms with Crippen LogP contribution in [0.15, 0.2) is 18.2 Å². The summed E-state index contributed by atoms with van der Waals surface area (Å²) in [5.41, 5.74) is 0.602. The summed E-state index contributed by atoms with van der Waals surface area (Å²) < 4.78 is 12.4. The van der Waals surface area contributed by atoms with Gasteiger partial charge in [0.2, 0.25) is 0 Å². The standard InChI is InChI=1S/C9H11ClFP/c1-12(2)8-3-4-9(10)7(5-8)6-11/h3-5H,6H2,1-2H3. The Morgan fingerprint density at radius 2 is 2.08 bits per heavy atom. The summed E-state index contributed by atoms with van der Waals surface area (Å²) in [4.78, 5) is 0. The summed E-state index contributed by atoms with van der Waals surface area (Å²) in [7, 11) is -0.155. The lowest BCUT2D eigenvalue weighted by molar-refractivity contribution is 0.485. The highest BCUT2D eigenvalue weighted by Crippen LogP contribution is 2.26. The molecule has 0 atom stereocenters. The van der Waals surface area contributed by atoms with E-state index in [2.05, 4.69) is 13.3 Å². The van der Waals surface area contributed by atoms with Crippen molar-refractivity contribution in [1.29, 1.82) is 0 Å². The Labute approximate surface area is 78.5 Å². The van der Waals surface area contributed by atoms with E-state index in [-0.39, 0.29) is 7.92 Å². The molecule has 0 saturated carbocycles. The van der Waals surface area contributed by atoms with E-state index in [1.807, 2.05) is 12.1 Å². The van der Waals surface area contributed by atoms with Gasteiger partial charge in [-0.15, -0.1) is 0 Å². The maximum absolute atomic E-state index is 12.4. The van der Waals surface area contributed by atoms with Crippen LogP contribution in [-0.2, 0) is 6.67 Å². The molecule has 0 aliphatic carbocycles. The SMILES string of the molecule is CP(C)c1ccc(Cl)c(CF)c1. The molecule has 1 aromatic rings. The first-order valence-electron chi connectivity index (χ1n) is 3.67. The van der Waals surface area contributed by atoms with Crippen LogP contribution in [-0.4, -0.2) is 13.3 Å². The van der Waals surface area contributed by atoms with E-state index >= 15 is 0 Å². The molecule has 0 radical (unpaired) electrons. The Morgan fingerprint density at radius 3 is 2.58 bits per heavy atom. The second-order valence-electron chi connectivity index (χ2n) is 2.80. The van der Waals surface area contributed by atoms with Crippen LogP contribution < -0.4 is 5.30 Å². The van der Waals surface area contributed by atoms with Crippen molar-refractivity contribution >= 4 is 24.8 Å². The molecule has 66 valence electrons. The second kappa shape index (κ2) is 4.20. The van der Waals surface area contributed by atoms with Gasteiger partial charge in [0.25, 0.3) is 0 Å². The normalized spacial score (nSPS) is 10.8. The molecule has 0 aromatic heterocycles. The fraction of sp³-hybridized carbons (Fsp3) is 0.333. The van der Waals surface area contributed by atoms with Crippen LogP contribution in [0.1, 0.15) is 5.56 Å². The van der Waals surface area contributed by atoms with Crippen LogP contribution in [0.25, 0.3) is 0 Å². The zero-order valence-corrected chi connectivity index (χ0v) is 8.79. The maximum atomic E-state index is 12.4. The minimum Gasteiger partial charge on any atom is -0.246 e. The zero-order valence-electron chi connectivity index (χ0n) is 7.14. The predicted octanol–water partition coefficient (Wildman–Crippen LogP) is 3.18. The lowest BCUT2D eigenvalue weighted by Gasteiger charge is -2.07. The van der Waals surface area contributed by atoms with Gasteiger partial charge in [-0.05, 0) is 30.8 Å².